The maximum absolute atomic E-state index is 9.79. The molecule has 0 bridgehead atoms. The molecule has 0 fully saturated rings. The molecule has 0 rings (SSSR count). The van der Waals surface area contributed by atoms with Gasteiger partial charge in [-0.2, -0.15) is 8.42 Å². The molecular formula is C7H17NO4S. The predicted octanol–water partition coefficient (Wildman–Crippen LogP) is 0.578. The van der Waals surface area contributed by atoms with E-state index in [9.17, 15) is 13.2 Å². The number of hydrogen-bond donors (Lipinski definition) is 2. The Kier molecular flexibility index (Phi) is 12.8. The highest BCUT2D eigenvalue weighted by atomic mass is 32.2. The first-order valence-electron chi connectivity index (χ1n) is 3.20. The van der Waals surface area contributed by atoms with Crippen molar-refractivity contribution >= 4 is 16.0 Å². The highest BCUT2D eigenvalue weighted by Crippen LogP contribution is 1.83. The van der Waals surface area contributed by atoms with Gasteiger partial charge in [-0.15, -0.1) is 0 Å². The Morgan fingerprint density at radius 2 is 1.92 bits per heavy atom. The molecule has 0 aliphatic heterocycles. The van der Waals surface area contributed by atoms with E-state index in [0.29, 0.717) is 6.42 Å². The van der Waals surface area contributed by atoms with E-state index in [4.69, 9.17) is 4.55 Å². The Morgan fingerprint density at radius 1 is 1.62 bits per heavy atom. The van der Waals surface area contributed by atoms with Crippen LogP contribution in [0.4, 0.5) is 0 Å². The van der Waals surface area contributed by atoms with Gasteiger partial charge >= 0.3 is 0 Å². The normalized spacial score (nSPS) is 8.77. The molecule has 0 atom stereocenters. The van der Waals surface area contributed by atoms with Crippen LogP contribution in [0.15, 0.2) is 12.7 Å². The fourth-order valence-electron chi connectivity index (χ4n) is 0.258. The Labute approximate surface area is 79.4 Å². The van der Waals surface area contributed by atoms with Crippen molar-refractivity contribution in [2.24, 2.45) is 5.73 Å². The minimum atomic E-state index is -3.67. The van der Waals surface area contributed by atoms with Gasteiger partial charge in [-0.05, 0) is 12.5 Å². The molecule has 0 aliphatic rings. The standard InChI is InChI=1S/C3H5NO.C3H8O3S.CH4/c1-2-3(4)5;1-2-3-7(4,5)6;/h2H,1H2,(H2,4,5);2-3H2,1H3,(H,4,5,6);1H4. The van der Waals surface area contributed by atoms with Crippen molar-refractivity contribution in [3.8, 4) is 0 Å². The first-order chi connectivity index (χ1) is 5.33. The maximum atomic E-state index is 9.79. The van der Waals surface area contributed by atoms with Gasteiger partial charge < -0.3 is 5.73 Å². The van der Waals surface area contributed by atoms with E-state index >= 15 is 0 Å². The van der Waals surface area contributed by atoms with Crippen LogP contribution in [0.5, 0.6) is 0 Å². The molecule has 0 unspecified atom stereocenters. The number of primary amides is 1. The van der Waals surface area contributed by atoms with Gasteiger partial charge in [0.15, 0.2) is 0 Å². The molecule has 0 aromatic carbocycles. The molecule has 80 valence electrons. The topological polar surface area (TPSA) is 97.5 Å². The zero-order valence-electron chi connectivity index (χ0n) is 6.86. The molecule has 0 radical (unpaired) electrons. The zero-order valence-corrected chi connectivity index (χ0v) is 7.67. The molecule has 0 aromatic rings. The monoisotopic (exact) mass is 211 g/mol. The number of amides is 1. The second-order valence-electron chi connectivity index (χ2n) is 1.89. The molecule has 0 saturated heterocycles. The number of carbonyl (C=O) groups is 1. The second-order valence-corrected chi connectivity index (χ2v) is 3.46. The SMILES string of the molecule is C.C=CC(N)=O.CCCS(=O)(=O)O. The smallest absolute Gasteiger partial charge is 0.264 e. The highest BCUT2D eigenvalue weighted by molar-refractivity contribution is 7.85. The summed E-state index contributed by atoms with van der Waals surface area (Å²) in [7, 11) is -3.67. The third-order valence-corrected chi connectivity index (χ3v) is 1.59. The molecule has 3 N–H and O–H groups in total. The summed E-state index contributed by atoms with van der Waals surface area (Å²) in [6.45, 7) is 4.77. The molecule has 0 aliphatic carbocycles. The fourth-order valence-corrected chi connectivity index (χ4v) is 0.774. The van der Waals surface area contributed by atoms with Crippen molar-refractivity contribution in [1.82, 2.24) is 0 Å². The molecule has 13 heavy (non-hydrogen) atoms. The van der Waals surface area contributed by atoms with E-state index < -0.39 is 16.0 Å². The largest absolute Gasteiger partial charge is 0.366 e. The number of rotatable bonds is 3. The maximum Gasteiger partial charge on any atom is 0.264 e. The van der Waals surface area contributed by atoms with Crippen LogP contribution in [0.2, 0.25) is 0 Å². The first-order valence-corrected chi connectivity index (χ1v) is 4.81. The molecule has 0 heterocycles. The highest BCUT2D eigenvalue weighted by Gasteiger charge is 1.98. The predicted molar refractivity (Wildman–Crippen MR) is 52.8 cm³/mol. The summed E-state index contributed by atoms with van der Waals surface area (Å²) in [6.07, 6.45) is 1.53. The minimum absolute atomic E-state index is 0. The van der Waals surface area contributed by atoms with Crippen molar-refractivity contribution in [2.45, 2.75) is 20.8 Å². The Hall–Kier alpha value is -0.880. The Balaban J connectivity index is -0.000000150. The molecule has 0 saturated carbocycles. The van der Waals surface area contributed by atoms with Crippen LogP contribution in [0.1, 0.15) is 20.8 Å². The van der Waals surface area contributed by atoms with E-state index in [-0.39, 0.29) is 13.2 Å². The molecule has 1 amide bonds. The number of carbonyl (C=O) groups excluding carboxylic acids is 1. The van der Waals surface area contributed by atoms with Crippen molar-refractivity contribution in [1.29, 1.82) is 0 Å². The van der Waals surface area contributed by atoms with Crippen LogP contribution in [0.3, 0.4) is 0 Å². The average Bonchev–Trinajstić information content (AvgIpc) is 1.86. The van der Waals surface area contributed by atoms with E-state index in [2.05, 4.69) is 12.3 Å². The van der Waals surface area contributed by atoms with Crippen LogP contribution in [0, 0.1) is 0 Å². The lowest BCUT2D eigenvalue weighted by Gasteiger charge is -1.85. The van der Waals surface area contributed by atoms with E-state index in [1.807, 2.05) is 0 Å². The van der Waals surface area contributed by atoms with E-state index in [1.165, 1.54) is 0 Å². The molecule has 0 spiro atoms. The summed E-state index contributed by atoms with van der Waals surface area (Å²) in [5, 5.41) is 0. The van der Waals surface area contributed by atoms with Crippen LogP contribution < -0.4 is 5.73 Å². The fraction of sp³-hybridized carbons (Fsp3) is 0.571. The van der Waals surface area contributed by atoms with E-state index in [1.54, 1.807) is 6.92 Å². The van der Waals surface area contributed by atoms with Gasteiger partial charge in [-0.3, -0.25) is 9.35 Å². The molecule has 6 heteroatoms. The van der Waals surface area contributed by atoms with Gasteiger partial charge in [-0.1, -0.05) is 20.9 Å². The van der Waals surface area contributed by atoms with Gasteiger partial charge in [0.05, 0.1) is 5.75 Å². The lowest BCUT2D eigenvalue weighted by Crippen LogP contribution is -2.04. The zero-order chi connectivity index (χ0) is 10.2. The van der Waals surface area contributed by atoms with Crippen molar-refractivity contribution < 1.29 is 17.8 Å². The lowest BCUT2D eigenvalue weighted by molar-refractivity contribution is -0.113. The summed E-state index contributed by atoms with van der Waals surface area (Å²) < 4.78 is 27.6. The summed E-state index contributed by atoms with van der Waals surface area (Å²) in [4.78, 5) is 9.47. The van der Waals surface area contributed by atoms with Gasteiger partial charge in [-0.25, -0.2) is 0 Å². The minimum Gasteiger partial charge on any atom is -0.366 e. The summed E-state index contributed by atoms with van der Waals surface area (Å²) >= 11 is 0. The van der Waals surface area contributed by atoms with E-state index in [0.717, 1.165) is 6.08 Å². The third-order valence-electron chi connectivity index (χ3n) is 0.663. The average molecular weight is 211 g/mol. The van der Waals surface area contributed by atoms with Crippen LogP contribution in [-0.2, 0) is 14.9 Å². The van der Waals surface area contributed by atoms with Crippen LogP contribution >= 0.6 is 0 Å². The van der Waals surface area contributed by atoms with Gasteiger partial charge in [0.2, 0.25) is 5.91 Å². The van der Waals surface area contributed by atoms with Gasteiger partial charge in [0.1, 0.15) is 0 Å². The van der Waals surface area contributed by atoms with Gasteiger partial charge in [0, 0.05) is 0 Å². The van der Waals surface area contributed by atoms with Crippen LogP contribution in [-0.4, -0.2) is 24.6 Å². The van der Waals surface area contributed by atoms with Crippen molar-refractivity contribution in [3.63, 3.8) is 0 Å². The number of hydrogen-bond acceptors (Lipinski definition) is 3. The Morgan fingerprint density at radius 3 is 1.92 bits per heavy atom. The van der Waals surface area contributed by atoms with Crippen molar-refractivity contribution in [2.75, 3.05) is 5.75 Å². The third kappa shape index (κ3) is 35.3. The van der Waals surface area contributed by atoms with Crippen molar-refractivity contribution in [3.05, 3.63) is 12.7 Å². The quantitative estimate of drug-likeness (QED) is 0.527. The molecule has 0 aromatic heterocycles. The number of nitrogens with two attached hydrogens (primary N) is 1. The molecule has 5 nitrogen and oxygen atoms in total. The van der Waals surface area contributed by atoms with Crippen LogP contribution in [0.25, 0.3) is 0 Å². The lowest BCUT2D eigenvalue weighted by atomic mass is 10.6. The summed E-state index contributed by atoms with van der Waals surface area (Å²) in [6, 6.07) is 0. The summed E-state index contributed by atoms with van der Waals surface area (Å²) in [5.41, 5.74) is 4.53. The van der Waals surface area contributed by atoms with Gasteiger partial charge in [0.25, 0.3) is 10.1 Å². The molecular weight excluding hydrogens is 194 g/mol. The first kappa shape index (κ1) is 18.0. The summed E-state index contributed by atoms with van der Waals surface area (Å²) in [5.74, 6) is -0.613. The Bertz CT molecular complexity index is 233. The second kappa shape index (κ2) is 9.21.